The van der Waals surface area contributed by atoms with Crippen LogP contribution in [0.3, 0.4) is 0 Å². The normalized spacial score (nSPS) is 11.9. The molecule has 0 heterocycles. The van der Waals surface area contributed by atoms with E-state index in [0.717, 1.165) is 6.04 Å². The molecule has 3 heteroatoms. The number of hydrogen-bond acceptors (Lipinski definition) is 2. The minimum absolute atomic E-state index is 0.222. The van der Waals surface area contributed by atoms with Gasteiger partial charge < -0.3 is 10.0 Å². The second-order valence-corrected chi connectivity index (χ2v) is 7.83. The molecule has 0 aliphatic rings. The summed E-state index contributed by atoms with van der Waals surface area (Å²) >= 11 is 0. The number of hydrogen-bond donors (Lipinski definition) is 1. The fraction of sp³-hybridized carbons (Fsp3) is 0.957. The van der Waals surface area contributed by atoms with E-state index in [0.29, 0.717) is 0 Å². The van der Waals surface area contributed by atoms with Crippen molar-refractivity contribution in [1.82, 2.24) is 4.90 Å². The molecular weight excluding hydrogens is 322 g/mol. The highest BCUT2D eigenvalue weighted by Gasteiger charge is 2.10. The Hall–Kier alpha value is -0.570. The van der Waals surface area contributed by atoms with Gasteiger partial charge in [-0.3, -0.25) is 4.79 Å². The van der Waals surface area contributed by atoms with E-state index in [9.17, 15) is 4.79 Å². The topological polar surface area (TPSA) is 40.5 Å². The second kappa shape index (κ2) is 22.5. The summed E-state index contributed by atoms with van der Waals surface area (Å²) in [5, 5.41) is 7.72. The summed E-state index contributed by atoms with van der Waals surface area (Å²) < 4.78 is 0. The molecule has 0 aromatic rings. The van der Waals surface area contributed by atoms with Gasteiger partial charge in [0.05, 0.1) is 0 Å². The van der Waals surface area contributed by atoms with E-state index in [1.807, 2.05) is 0 Å². The molecule has 0 spiro atoms. The van der Waals surface area contributed by atoms with Gasteiger partial charge in [0.2, 0.25) is 0 Å². The molecule has 0 aromatic carbocycles. The monoisotopic (exact) mass is 371 g/mol. The molecule has 3 nitrogen and oxygen atoms in total. The number of carboxylic acids is 1. The van der Waals surface area contributed by atoms with Crippen LogP contribution in [0.1, 0.15) is 124 Å². The Morgan fingerprint density at radius 3 is 1.27 bits per heavy atom. The van der Waals surface area contributed by atoms with E-state index in [4.69, 9.17) is 5.11 Å². The predicted molar refractivity (Wildman–Crippen MR) is 116 cm³/mol. The van der Waals surface area contributed by atoms with Crippen LogP contribution in [0.5, 0.6) is 0 Å². The number of rotatable bonds is 17. The van der Waals surface area contributed by atoms with Gasteiger partial charge in [0.15, 0.2) is 0 Å². The van der Waals surface area contributed by atoms with Gasteiger partial charge in [-0.05, 0) is 26.9 Å². The maximum Gasteiger partial charge on any atom is 0.303 e. The average molecular weight is 372 g/mol. The highest BCUT2D eigenvalue weighted by Crippen LogP contribution is 2.17. The Bertz CT molecular complexity index is 279. The SMILES string of the molecule is CCC(=O)O.CCCCCCCCCC(CCCCCCCC)N(C)C. The molecule has 0 radical (unpaired) electrons. The Balaban J connectivity index is 0. The Kier molecular flexibility index (Phi) is 23.9. The van der Waals surface area contributed by atoms with Crippen molar-refractivity contribution >= 4 is 5.97 Å². The predicted octanol–water partition coefficient (Wildman–Crippen LogP) is 7.29. The lowest BCUT2D eigenvalue weighted by Gasteiger charge is -2.24. The van der Waals surface area contributed by atoms with Crippen LogP contribution in [-0.4, -0.2) is 36.1 Å². The quantitative estimate of drug-likeness (QED) is 0.273. The van der Waals surface area contributed by atoms with Gasteiger partial charge in [-0.1, -0.05) is 104 Å². The Morgan fingerprint density at radius 1 is 0.692 bits per heavy atom. The minimum atomic E-state index is -0.745. The molecule has 1 N–H and O–H groups in total. The summed E-state index contributed by atoms with van der Waals surface area (Å²) in [6, 6.07) is 0.826. The summed E-state index contributed by atoms with van der Waals surface area (Å²) in [5.74, 6) is -0.745. The molecule has 1 unspecified atom stereocenters. The third-order valence-corrected chi connectivity index (χ3v) is 5.06. The van der Waals surface area contributed by atoms with Crippen LogP contribution in [0.4, 0.5) is 0 Å². The molecule has 0 aliphatic carbocycles. The maximum atomic E-state index is 9.37. The third-order valence-electron chi connectivity index (χ3n) is 5.06. The molecule has 158 valence electrons. The zero-order chi connectivity index (χ0) is 20.0. The minimum Gasteiger partial charge on any atom is -0.481 e. The molecule has 26 heavy (non-hydrogen) atoms. The van der Waals surface area contributed by atoms with Crippen LogP contribution < -0.4 is 0 Å². The van der Waals surface area contributed by atoms with Crippen molar-refractivity contribution in [1.29, 1.82) is 0 Å². The molecular formula is C23H49NO2. The molecule has 0 saturated heterocycles. The van der Waals surface area contributed by atoms with Crippen molar-refractivity contribution in [3.63, 3.8) is 0 Å². The van der Waals surface area contributed by atoms with Gasteiger partial charge in [-0.15, -0.1) is 0 Å². The number of nitrogens with zero attached hydrogens (tertiary/aromatic N) is 1. The van der Waals surface area contributed by atoms with Crippen LogP contribution in [-0.2, 0) is 4.79 Å². The lowest BCUT2D eigenvalue weighted by molar-refractivity contribution is -0.136. The van der Waals surface area contributed by atoms with Crippen LogP contribution in [0.25, 0.3) is 0 Å². The fourth-order valence-electron chi connectivity index (χ4n) is 3.16. The van der Waals surface area contributed by atoms with Crippen molar-refractivity contribution in [2.24, 2.45) is 0 Å². The lowest BCUT2D eigenvalue weighted by atomic mass is 9.99. The number of carbonyl (C=O) groups is 1. The first-order chi connectivity index (χ1) is 12.5. The number of carboxylic acid groups (broad SMARTS) is 1. The lowest BCUT2D eigenvalue weighted by Crippen LogP contribution is -2.27. The summed E-state index contributed by atoms with van der Waals surface area (Å²) in [6.07, 6.45) is 21.6. The van der Waals surface area contributed by atoms with Crippen LogP contribution in [0, 0.1) is 0 Å². The zero-order valence-electron chi connectivity index (χ0n) is 18.7. The van der Waals surface area contributed by atoms with E-state index in [-0.39, 0.29) is 6.42 Å². The summed E-state index contributed by atoms with van der Waals surface area (Å²) in [6.45, 7) is 6.19. The molecule has 0 saturated carbocycles. The first kappa shape index (κ1) is 27.6. The first-order valence-electron chi connectivity index (χ1n) is 11.4. The molecule has 1 atom stereocenters. The average Bonchev–Trinajstić information content (AvgIpc) is 2.62. The van der Waals surface area contributed by atoms with Gasteiger partial charge in [0, 0.05) is 12.5 Å². The molecule has 0 aromatic heterocycles. The van der Waals surface area contributed by atoms with Crippen LogP contribution in [0.2, 0.25) is 0 Å². The van der Waals surface area contributed by atoms with Gasteiger partial charge in [-0.25, -0.2) is 0 Å². The van der Waals surface area contributed by atoms with Gasteiger partial charge in [-0.2, -0.15) is 0 Å². The smallest absolute Gasteiger partial charge is 0.303 e. The van der Waals surface area contributed by atoms with Crippen molar-refractivity contribution in [2.45, 2.75) is 130 Å². The Labute approximate surface area is 164 Å². The van der Waals surface area contributed by atoms with E-state index < -0.39 is 5.97 Å². The Morgan fingerprint density at radius 2 is 1.00 bits per heavy atom. The van der Waals surface area contributed by atoms with Crippen molar-refractivity contribution in [3.8, 4) is 0 Å². The highest BCUT2D eigenvalue weighted by atomic mass is 16.4. The molecule has 0 fully saturated rings. The largest absolute Gasteiger partial charge is 0.481 e. The summed E-state index contributed by atoms with van der Waals surface area (Å²) in [4.78, 5) is 11.8. The number of unbranched alkanes of at least 4 members (excludes halogenated alkanes) is 11. The fourth-order valence-corrected chi connectivity index (χ4v) is 3.16. The van der Waals surface area contributed by atoms with E-state index in [1.165, 1.54) is 96.3 Å². The van der Waals surface area contributed by atoms with E-state index >= 15 is 0 Å². The molecule has 0 bridgehead atoms. The molecule has 0 rings (SSSR count). The van der Waals surface area contributed by atoms with Crippen LogP contribution >= 0.6 is 0 Å². The van der Waals surface area contributed by atoms with E-state index in [1.54, 1.807) is 6.92 Å². The van der Waals surface area contributed by atoms with E-state index in [2.05, 4.69) is 32.8 Å². The molecule has 0 aliphatic heterocycles. The first-order valence-corrected chi connectivity index (χ1v) is 11.4. The third kappa shape index (κ3) is 23.4. The van der Waals surface area contributed by atoms with Crippen LogP contribution in [0.15, 0.2) is 0 Å². The van der Waals surface area contributed by atoms with Crippen molar-refractivity contribution < 1.29 is 9.90 Å². The van der Waals surface area contributed by atoms with Gasteiger partial charge in [0.25, 0.3) is 0 Å². The maximum absolute atomic E-state index is 9.37. The highest BCUT2D eigenvalue weighted by molar-refractivity contribution is 5.66. The van der Waals surface area contributed by atoms with Crippen molar-refractivity contribution in [2.75, 3.05) is 14.1 Å². The standard InChI is InChI=1S/C20H43N.C3H6O2/c1-5-7-9-11-13-15-17-19-20(21(3)4)18-16-14-12-10-8-6-2;1-2-3(4)5/h20H,5-19H2,1-4H3;2H2,1H3,(H,4,5). The zero-order valence-corrected chi connectivity index (χ0v) is 18.7. The second-order valence-electron chi connectivity index (χ2n) is 7.83. The summed E-state index contributed by atoms with van der Waals surface area (Å²) in [7, 11) is 4.53. The van der Waals surface area contributed by atoms with Gasteiger partial charge >= 0.3 is 5.97 Å². The number of aliphatic carboxylic acids is 1. The van der Waals surface area contributed by atoms with Crippen molar-refractivity contribution in [3.05, 3.63) is 0 Å². The van der Waals surface area contributed by atoms with Gasteiger partial charge in [0.1, 0.15) is 0 Å². The summed E-state index contributed by atoms with van der Waals surface area (Å²) in [5.41, 5.74) is 0. The molecule has 0 amide bonds.